The fourth-order valence-corrected chi connectivity index (χ4v) is 2.75. The predicted octanol–water partition coefficient (Wildman–Crippen LogP) is 3.77. The van der Waals surface area contributed by atoms with Gasteiger partial charge in [0.15, 0.2) is 0 Å². The molecule has 6 heteroatoms. The summed E-state index contributed by atoms with van der Waals surface area (Å²) in [6.07, 6.45) is 4.31. The van der Waals surface area contributed by atoms with Crippen molar-refractivity contribution in [3.05, 3.63) is 42.3 Å². The zero-order valence-corrected chi connectivity index (χ0v) is 12.9. The molecule has 2 heterocycles. The highest BCUT2D eigenvalue weighted by Gasteiger charge is 2.24. The summed E-state index contributed by atoms with van der Waals surface area (Å²) in [6, 6.07) is 8.33. The lowest BCUT2D eigenvalue weighted by atomic mass is 10.3. The normalized spacial score (nSPS) is 14.2. The van der Waals surface area contributed by atoms with Crippen LogP contribution in [0.15, 0.2) is 36.5 Å². The number of nitrogens with one attached hydrogen (secondary N) is 2. The first-order chi connectivity index (χ1) is 11.2. The van der Waals surface area contributed by atoms with Crippen LogP contribution in [-0.2, 0) is 6.54 Å². The zero-order chi connectivity index (χ0) is 15.8. The maximum atomic E-state index is 13.3. The first-order valence-corrected chi connectivity index (χ1v) is 7.79. The molecule has 0 radical (unpaired) electrons. The lowest BCUT2D eigenvalue weighted by Gasteiger charge is -2.09. The van der Waals surface area contributed by atoms with Crippen LogP contribution in [0.25, 0.3) is 11.0 Å². The van der Waals surface area contributed by atoms with Crippen LogP contribution in [0.1, 0.15) is 12.8 Å². The number of pyridine rings is 1. The van der Waals surface area contributed by atoms with Gasteiger partial charge in [0.05, 0.1) is 11.7 Å². The third-order valence-electron chi connectivity index (χ3n) is 4.09. The summed E-state index contributed by atoms with van der Waals surface area (Å²) in [6.45, 7) is 0.968. The number of imidazole rings is 1. The zero-order valence-electron chi connectivity index (χ0n) is 12.9. The molecule has 0 atom stereocenters. The number of rotatable bonds is 5. The molecular formula is C17H18FN5. The first-order valence-electron chi connectivity index (χ1n) is 7.79. The van der Waals surface area contributed by atoms with Gasteiger partial charge in [-0.05, 0) is 37.0 Å². The molecule has 1 fully saturated rings. The lowest BCUT2D eigenvalue weighted by Crippen LogP contribution is -2.05. The molecule has 0 spiro atoms. The average molecular weight is 311 g/mol. The minimum Gasteiger partial charge on any atom is -0.359 e. The van der Waals surface area contributed by atoms with Gasteiger partial charge < -0.3 is 15.2 Å². The van der Waals surface area contributed by atoms with E-state index in [1.807, 2.05) is 19.2 Å². The Morgan fingerprint density at radius 1 is 1.30 bits per heavy atom. The van der Waals surface area contributed by atoms with E-state index in [0.29, 0.717) is 11.5 Å². The van der Waals surface area contributed by atoms with Gasteiger partial charge in [0.2, 0.25) is 5.95 Å². The van der Waals surface area contributed by atoms with Crippen LogP contribution in [0.5, 0.6) is 0 Å². The van der Waals surface area contributed by atoms with Crippen molar-refractivity contribution in [1.29, 1.82) is 0 Å². The van der Waals surface area contributed by atoms with Crippen molar-refractivity contribution in [2.24, 2.45) is 5.92 Å². The molecule has 23 heavy (non-hydrogen) atoms. The fraction of sp³-hybridized carbons (Fsp3) is 0.294. The monoisotopic (exact) mass is 311 g/mol. The molecule has 118 valence electrons. The van der Waals surface area contributed by atoms with E-state index < -0.39 is 0 Å². The van der Waals surface area contributed by atoms with Crippen molar-refractivity contribution >= 4 is 28.5 Å². The van der Waals surface area contributed by atoms with Crippen molar-refractivity contribution in [3.8, 4) is 0 Å². The molecule has 0 amide bonds. The van der Waals surface area contributed by atoms with Crippen LogP contribution in [0.2, 0.25) is 0 Å². The summed E-state index contributed by atoms with van der Waals surface area (Å²) in [4.78, 5) is 8.95. The standard InChI is InChI=1S/C17H18FN5/c1-19-17-22-14-9-20-16(21-13-4-2-3-12(18)7-13)8-15(14)23(17)10-11-5-6-11/h2-4,7-9,11H,5-6,10H2,1H3,(H,19,22)(H,20,21). The summed E-state index contributed by atoms with van der Waals surface area (Å²) in [5.74, 6) is 2.01. The van der Waals surface area contributed by atoms with E-state index >= 15 is 0 Å². The van der Waals surface area contributed by atoms with Crippen LogP contribution >= 0.6 is 0 Å². The molecule has 2 N–H and O–H groups in total. The molecule has 5 nitrogen and oxygen atoms in total. The highest BCUT2D eigenvalue weighted by atomic mass is 19.1. The molecule has 1 aromatic carbocycles. The highest BCUT2D eigenvalue weighted by Crippen LogP contribution is 2.33. The van der Waals surface area contributed by atoms with Gasteiger partial charge in [-0.2, -0.15) is 0 Å². The third-order valence-corrected chi connectivity index (χ3v) is 4.09. The maximum absolute atomic E-state index is 13.3. The van der Waals surface area contributed by atoms with Gasteiger partial charge in [-0.15, -0.1) is 0 Å². The number of benzene rings is 1. The van der Waals surface area contributed by atoms with Crippen molar-refractivity contribution < 1.29 is 4.39 Å². The molecule has 0 saturated heterocycles. The maximum Gasteiger partial charge on any atom is 0.203 e. The van der Waals surface area contributed by atoms with Crippen LogP contribution in [0.3, 0.4) is 0 Å². The number of hydrogen-bond donors (Lipinski definition) is 2. The summed E-state index contributed by atoms with van der Waals surface area (Å²) in [5, 5.41) is 6.30. The summed E-state index contributed by atoms with van der Waals surface area (Å²) in [5.41, 5.74) is 2.58. The van der Waals surface area contributed by atoms with Crippen LogP contribution in [0.4, 0.5) is 21.8 Å². The van der Waals surface area contributed by atoms with Gasteiger partial charge in [0, 0.05) is 25.3 Å². The second-order valence-electron chi connectivity index (χ2n) is 5.93. The first kappa shape index (κ1) is 14.0. The van der Waals surface area contributed by atoms with Gasteiger partial charge in [-0.1, -0.05) is 6.07 Å². The van der Waals surface area contributed by atoms with E-state index in [1.165, 1.54) is 25.0 Å². The van der Waals surface area contributed by atoms with Crippen molar-refractivity contribution in [2.75, 3.05) is 17.7 Å². The topological polar surface area (TPSA) is 54.8 Å². The second-order valence-corrected chi connectivity index (χ2v) is 5.93. The minimum atomic E-state index is -0.271. The molecule has 0 unspecified atom stereocenters. The van der Waals surface area contributed by atoms with Crippen molar-refractivity contribution in [3.63, 3.8) is 0 Å². The quantitative estimate of drug-likeness (QED) is 0.753. The lowest BCUT2D eigenvalue weighted by molar-refractivity contribution is 0.628. The van der Waals surface area contributed by atoms with Crippen LogP contribution in [-0.4, -0.2) is 21.6 Å². The van der Waals surface area contributed by atoms with Gasteiger partial charge in [0.25, 0.3) is 0 Å². The number of nitrogens with zero attached hydrogens (tertiary/aromatic N) is 3. The molecule has 4 rings (SSSR count). The van der Waals surface area contributed by atoms with Gasteiger partial charge in [-0.3, -0.25) is 0 Å². The number of fused-ring (bicyclic) bond motifs is 1. The molecule has 2 aromatic heterocycles. The molecule has 3 aromatic rings. The number of aromatic nitrogens is 3. The average Bonchev–Trinajstić information content (AvgIpc) is 3.29. The molecular weight excluding hydrogens is 293 g/mol. The number of hydrogen-bond acceptors (Lipinski definition) is 4. The Bertz CT molecular complexity index is 853. The van der Waals surface area contributed by atoms with Crippen LogP contribution in [0, 0.1) is 11.7 Å². The SMILES string of the molecule is CNc1nc2cnc(Nc3cccc(F)c3)cc2n1CC1CC1. The summed E-state index contributed by atoms with van der Waals surface area (Å²) in [7, 11) is 1.88. The van der Waals surface area contributed by atoms with Crippen molar-refractivity contribution in [1.82, 2.24) is 14.5 Å². The Kier molecular flexibility index (Phi) is 3.37. The van der Waals surface area contributed by atoms with E-state index in [4.69, 9.17) is 0 Å². The third kappa shape index (κ3) is 2.84. The van der Waals surface area contributed by atoms with Gasteiger partial charge in [0.1, 0.15) is 17.2 Å². The van der Waals surface area contributed by atoms with E-state index in [-0.39, 0.29) is 5.82 Å². The Morgan fingerprint density at radius 2 is 2.17 bits per heavy atom. The minimum absolute atomic E-state index is 0.271. The fourth-order valence-electron chi connectivity index (χ4n) is 2.75. The smallest absolute Gasteiger partial charge is 0.203 e. The van der Waals surface area contributed by atoms with E-state index in [0.717, 1.165) is 29.4 Å². The number of anilines is 3. The Morgan fingerprint density at radius 3 is 2.91 bits per heavy atom. The molecule has 1 aliphatic rings. The Balaban J connectivity index is 1.70. The molecule has 0 aliphatic heterocycles. The van der Waals surface area contributed by atoms with Gasteiger partial charge >= 0.3 is 0 Å². The van der Waals surface area contributed by atoms with Gasteiger partial charge in [-0.25, -0.2) is 14.4 Å². The van der Waals surface area contributed by atoms with E-state index in [9.17, 15) is 4.39 Å². The summed E-state index contributed by atoms with van der Waals surface area (Å²) >= 11 is 0. The van der Waals surface area contributed by atoms with E-state index in [2.05, 4.69) is 25.2 Å². The largest absolute Gasteiger partial charge is 0.359 e. The second kappa shape index (κ2) is 5.53. The highest BCUT2D eigenvalue weighted by molar-refractivity contribution is 5.81. The van der Waals surface area contributed by atoms with Crippen LogP contribution < -0.4 is 10.6 Å². The molecule has 1 aliphatic carbocycles. The predicted molar refractivity (Wildman–Crippen MR) is 89.5 cm³/mol. The number of halogens is 1. The Hall–Kier alpha value is -2.63. The van der Waals surface area contributed by atoms with Crippen molar-refractivity contribution in [2.45, 2.75) is 19.4 Å². The molecule has 0 bridgehead atoms. The molecule has 1 saturated carbocycles. The summed E-state index contributed by atoms with van der Waals surface area (Å²) < 4.78 is 15.5. The van der Waals surface area contributed by atoms with E-state index in [1.54, 1.807) is 12.3 Å². The Labute approximate surface area is 133 Å².